The lowest BCUT2D eigenvalue weighted by atomic mass is 10.3. The summed E-state index contributed by atoms with van der Waals surface area (Å²) in [6.45, 7) is 0.527. The Kier molecular flexibility index (Phi) is 2.70. The number of para-hydroxylation sites is 2. The van der Waals surface area contributed by atoms with E-state index in [1.807, 2.05) is 24.3 Å². The molecule has 0 spiro atoms. The van der Waals surface area contributed by atoms with Gasteiger partial charge < -0.3 is 14.8 Å². The van der Waals surface area contributed by atoms with Crippen LogP contribution in [0.15, 0.2) is 41.1 Å². The van der Waals surface area contributed by atoms with Crippen LogP contribution in [-0.2, 0) is 6.54 Å². The second kappa shape index (κ2) is 4.50. The predicted molar refractivity (Wildman–Crippen MR) is 66.6 cm³/mol. The predicted octanol–water partition coefficient (Wildman–Crippen LogP) is 1.76. The third-order valence-electron chi connectivity index (χ3n) is 2.51. The maximum Gasteiger partial charge on any atom is 0.300 e. The summed E-state index contributed by atoms with van der Waals surface area (Å²) in [6, 6.07) is 7.99. The maximum atomic E-state index is 8.80. The van der Waals surface area contributed by atoms with Crippen LogP contribution >= 0.6 is 0 Å². The summed E-state index contributed by atoms with van der Waals surface area (Å²) in [5.74, 6) is 0. The van der Waals surface area contributed by atoms with E-state index in [-0.39, 0.29) is 6.61 Å². The molecule has 3 aromatic rings. The minimum atomic E-state index is 0.0595. The minimum absolute atomic E-state index is 0.0595. The van der Waals surface area contributed by atoms with E-state index in [9.17, 15) is 0 Å². The molecule has 0 atom stereocenters. The van der Waals surface area contributed by atoms with Gasteiger partial charge in [0, 0.05) is 6.20 Å². The molecule has 18 heavy (non-hydrogen) atoms. The fraction of sp³-hybridized carbons (Fsp3) is 0.167. The Bertz CT molecular complexity index is 626. The molecular formula is C12H12N4O2. The Morgan fingerprint density at radius 1 is 1.33 bits per heavy atom. The molecule has 0 unspecified atom stereocenters. The zero-order valence-corrected chi connectivity index (χ0v) is 9.58. The van der Waals surface area contributed by atoms with Crippen molar-refractivity contribution in [3.8, 4) is 0 Å². The number of rotatable bonds is 4. The molecule has 6 nitrogen and oxygen atoms in total. The summed E-state index contributed by atoms with van der Waals surface area (Å²) in [5.41, 5.74) is 2.32. The van der Waals surface area contributed by atoms with Crippen LogP contribution in [0.4, 0.5) is 11.7 Å². The minimum Gasteiger partial charge on any atom is -0.423 e. The zero-order valence-electron chi connectivity index (χ0n) is 9.58. The lowest BCUT2D eigenvalue weighted by molar-refractivity contribution is 0.269. The highest BCUT2D eigenvalue weighted by Crippen LogP contribution is 2.21. The van der Waals surface area contributed by atoms with E-state index in [1.54, 1.807) is 17.1 Å². The quantitative estimate of drug-likeness (QED) is 0.731. The van der Waals surface area contributed by atoms with Gasteiger partial charge in [-0.25, -0.2) is 0 Å². The smallest absolute Gasteiger partial charge is 0.300 e. The lowest BCUT2D eigenvalue weighted by Crippen LogP contribution is -2.01. The molecule has 0 aliphatic heterocycles. The molecule has 0 saturated carbocycles. The van der Waals surface area contributed by atoms with Gasteiger partial charge in [-0.1, -0.05) is 12.1 Å². The molecule has 0 aliphatic carbocycles. The van der Waals surface area contributed by atoms with Crippen LogP contribution in [0.25, 0.3) is 11.1 Å². The van der Waals surface area contributed by atoms with E-state index in [0.29, 0.717) is 12.6 Å². The normalized spacial score (nSPS) is 10.9. The second-order valence-electron chi connectivity index (χ2n) is 3.83. The van der Waals surface area contributed by atoms with Gasteiger partial charge in [0.25, 0.3) is 6.01 Å². The first kappa shape index (κ1) is 10.8. The Morgan fingerprint density at radius 3 is 3.06 bits per heavy atom. The molecule has 0 radical (unpaired) electrons. The van der Waals surface area contributed by atoms with Crippen molar-refractivity contribution in [1.29, 1.82) is 0 Å². The van der Waals surface area contributed by atoms with Gasteiger partial charge in [0.05, 0.1) is 25.0 Å². The van der Waals surface area contributed by atoms with E-state index < -0.39 is 0 Å². The summed E-state index contributed by atoms with van der Waals surface area (Å²) in [7, 11) is 0. The summed E-state index contributed by atoms with van der Waals surface area (Å²) in [6.07, 6.45) is 3.44. The van der Waals surface area contributed by atoms with Crippen molar-refractivity contribution in [2.75, 3.05) is 11.9 Å². The lowest BCUT2D eigenvalue weighted by Gasteiger charge is -1.96. The van der Waals surface area contributed by atoms with Crippen molar-refractivity contribution in [3.63, 3.8) is 0 Å². The van der Waals surface area contributed by atoms with Gasteiger partial charge in [-0.2, -0.15) is 10.1 Å². The van der Waals surface area contributed by atoms with Gasteiger partial charge in [-0.05, 0) is 12.1 Å². The summed E-state index contributed by atoms with van der Waals surface area (Å²) >= 11 is 0. The van der Waals surface area contributed by atoms with Crippen molar-refractivity contribution in [1.82, 2.24) is 14.8 Å². The first-order chi connectivity index (χ1) is 8.85. The van der Waals surface area contributed by atoms with Gasteiger partial charge in [0.2, 0.25) is 0 Å². The Hall–Kier alpha value is -2.34. The summed E-state index contributed by atoms with van der Waals surface area (Å²) < 4.78 is 7.18. The number of aliphatic hydroxyl groups is 1. The average molecular weight is 244 g/mol. The van der Waals surface area contributed by atoms with E-state index in [1.165, 1.54) is 0 Å². The molecule has 3 rings (SSSR count). The molecule has 2 heterocycles. The maximum absolute atomic E-state index is 8.80. The van der Waals surface area contributed by atoms with Gasteiger partial charge in [0.1, 0.15) is 5.52 Å². The Labute approximate surface area is 103 Å². The highest BCUT2D eigenvalue weighted by Gasteiger charge is 2.06. The zero-order chi connectivity index (χ0) is 12.4. The monoisotopic (exact) mass is 244 g/mol. The third kappa shape index (κ3) is 2.05. The Balaban J connectivity index is 1.82. The van der Waals surface area contributed by atoms with Crippen LogP contribution in [0, 0.1) is 0 Å². The highest BCUT2D eigenvalue weighted by atomic mass is 16.4. The molecule has 6 heteroatoms. The molecule has 0 bridgehead atoms. The van der Waals surface area contributed by atoms with Crippen molar-refractivity contribution in [3.05, 3.63) is 36.7 Å². The average Bonchev–Trinajstić information content (AvgIpc) is 2.96. The molecular weight excluding hydrogens is 232 g/mol. The molecule has 2 N–H and O–H groups in total. The molecule has 92 valence electrons. The fourth-order valence-electron chi connectivity index (χ4n) is 1.70. The first-order valence-corrected chi connectivity index (χ1v) is 5.61. The van der Waals surface area contributed by atoms with Crippen molar-refractivity contribution >= 4 is 22.8 Å². The van der Waals surface area contributed by atoms with Gasteiger partial charge >= 0.3 is 0 Å². The number of aromatic nitrogens is 3. The molecule has 0 aliphatic rings. The molecule has 1 aromatic carbocycles. The number of nitrogens with zero attached hydrogens (tertiary/aromatic N) is 3. The first-order valence-electron chi connectivity index (χ1n) is 5.61. The number of hydrogen-bond donors (Lipinski definition) is 2. The number of fused-ring (bicyclic) bond motifs is 1. The SMILES string of the molecule is OCCn1cc(Nc2nc3ccccc3o2)cn1. The largest absolute Gasteiger partial charge is 0.423 e. The number of hydrogen-bond acceptors (Lipinski definition) is 5. The van der Waals surface area contributed by atoms with Crippen LogP contribution in [0.1, 0.15) is 0 Å². The second-order valence-corrected chi connectivity index (χ2v) is 3.83. The number of benzene rings is 1. The molecule has 0 fully saturated rings. The summed E-state index contributed by atoms with van der Waals surface area (Å²) in [4.78, 5) is 4.30. The standard InChI is InChI=1S/C12H12N4O2/c17-6-5-16-8-9(7-13-16)14-12-15-10-3-1-2-4-11(10)18-12/h1-4,7-8,17H,5-6H2,(H,14,15). The van der Waals surface area contributed by atoms with E-state index >= 15 is 0 Å². The van der Waals surface area contributed by atoms with E-state index in [0.717, 1.165) is 16.8 Å². The van der Waals surface area contributed by atoms with Gasteiger partial charge in [0.15, 0.2) is 5.58 Å². The van der Waals surface area contributed by atoms with Gasteiger partial charge in [-0.3, -0.25) is 4.68 Å². The van der Waals surface area contributed by atoms with E-state index in [2.05, 4.69) is 15.4 Å². The number of anilines is 2. The number of nitrogens with one attached hydrogen (secondary N) is 1. The molecule has 0 saturated heterocycles. The van der Waals surface area contributed by atoms with Gasteiger partial charge in [-0.15, -0.1) is 0 Å². The van der Waals surface area contributed by atoms with Crippen molar-refractivity contribution < 1.29 is 9.52 Å². The third-order valence-corrected chi connectivity index (χ3v) is 2.51. The molecule has 2 aromatic heterocycles. The molecule has 0 amide bonds. The van der Waals surface area contributed by atoms with Crippen molar-refractivity contribution in [2.24, 2.45) is 0 Å². The van der Waals surface area contributed by atoms with Crippen LogP contribution in [0.2, 0.25) is 0 Å². The number of aliphatic hydroxyl groups excluding tert-OH is 1. The van der Waals surface area contributed by atoms with Crippen LogP contribution in [0.5, 0.6) is 0 Å². The topological polar surface area (TPSA) is 76.1 Å². The van der Waals surface area contributed by atoms with Crippen molar-refractivity contribution in [2.45, 2.75) is 6.54 Å². The Morgan fingerprint density at radius 2 is 2.22 bits per heavy atom. The van der Waals surface area contributed by atoms with E-state index in [4.69, 9.17) is 9.52 Å². The number of oxazole rings is 1. The fourth-order valence-corrected chi connectivity index (χ4v) is 1.70. The van der Waals surface area contributed by atoms with Crippen LogP contribution in [-0.4, -0.2) is 26.5 Å². The highest BCUT2D eigenvalue weighted by molar-refractivity contribution is 5.74. The summed E-state index contributed by atoms with van der Waals surface area (Å²) in [5, 5.41) is 15.9. The van der Waals surface area contributed by atoms with Crippen LogP contribution < -0.4 is 5.32 Å². The van der Waals surface area contributed by atoms with Crippen LogP contribution in [0.3, 0.4) is 0 Å².